The summed E-state index contributed by atoms with van der Waals surface area (Å²) in [7, 11) is -7.49. The van der Waals surface area contributed by atoms with Gasteiger partial charge in [-0.3, -0.25) is 0 Å². The molecule has 2 aromatic carbocycles. The lowest BCUT2D eigenvalue weighted by atomic mass is 9.92. The van der Waals surface area contributed by atoms with Crippen molar-refractivity contribution in [1.29, 1.82) is 0 Å². The topological polar surface area (TPSA) is 106 Å². The van der Waals surface area contributed by atoms with Crippen LogP contribution in [-0.2, 0) is 39.4 Å². The highest BCUT2D eigenvalue weighted by Crippen LogP contribution is 2.24. The van der Waals surface area contributed by atoms with Gasteiger partial charge in [-0.2, -0.15) is 0 Å². The lowest BCUT2D eigenvalue weighted by Gasteiger charge is -2.16. The van der Waals surface area contributed by atoms with Crippen molar-refractivity contribution in [1.82, 2.24) is 4.72 Å². The van der Waals surface area contributed by atoms with Crippen molar-refractivity contribution >= 4 is 20.0 Å². The molecule has 0 saturated heterocycles. The summed E-state index contributed by atoms with van der Waals surface area (Å²) in [5, 5.41) is 5.10. The van der Waals surface area contributed by atoms with E-state index in [1.54, 1.807) is 18.2 Å². The van der Waals surface area contributed by atoms with Crippen LogP contribution in [0.25, 0.3) is 0 Å². The van der Waals surface area contributed by atoms with Crippen LogP contribution in [0.15, 0.2) is 52.3 Å². The zero-order chi connectivity index (χ0) is 18.1. The molecule has 0 radical (unpaired) electrons. The van der Waals surface area contributed by atoms with E-state index in [1.165, 1.54) is 23.8 Å². The Balaban J connectivity index is 1.78. The van der Waals surface area contributed by atoms with E-state index in [0.29, 0.717) is 5.56 Å². The average molecular weight is 380 g/mol. The molecule has 0 bridgehead atoms. The Morgan fingerprint density at radius 1 is 0.880 bits per heavy atom. The maximum Gasteiger partial charge on any atom is 0.240 e. The molecule has 2 aromatic rings. The first-order valence-corrected chi connectivity index (χ1v) is 11.0. The number of hydrogen-bond donors (Lipinski definition) is 2. The number of hydrogen-bond acceptors (Lipinski definition) is 4. The summed E-state index contributed by atoms with van der Waals surface area (Å²) >= 11 is 0. The molecule has 0 heterocycles. The Hall–Kier alpha value is -1.74. The molecular formula is C17H20N2O4S2. The van der Waals surface area contributed by atoms with E-state index in [1.807, 2.05) is 6.07 Å². The third-order valence-electron chi connectivity index (χ3n) is 4.32. The van der Waals surface area contributed by atoms with E-state index in [2.05, 4.69) is 4.72 Å². The summed E-state index contributed by atoms with van der Waals surface area (Å²) in [6.45, 7) is -0.0111. The molecular weight excluding hydrogens is 360 g/mol. The summed E-state index contributed by atoms with van der Waals surface area (Å²) in [4.78, 5) is 0.189. The molecule has 8 heteroatoms. The van der Waals surface area contributed by atoms with E-state index in [-0.39, 0.29) is 16.3 Å². The molecule has 0 amide bonds. The molecule has 6 nitrogen and oxygen atoms in total. The normalized spacial score (nSPS) is 14.9. The Bertz CT molecular complexity index is 999. The van der Waals surface area contributed by atoms with Crippen LogP contribution < -0.4 is 9.86 Å². The van der Waals surface area contributed by atoms with Crippen LogP contribution in [0.3, 0.4) is 0 Å². The highest BCUT2D eigenvalue weighted by molar-refractivity contribution is 7.89. The van der Waals surface area contributed by atoms with Crippen LogP contribution in [0.2, 0.25) is 0 Å². The molecule has 0 saturated carbocycles. The molecule has 0 aromatic heterocycles. The van der Waals surface area contributed by atoms with Crippen LogP contribution in [-0.4, -0.2) is 16.8 Å². The lowest BCUT2D eigenvalue weighted by molar-refractivity contribution is 0.580. The van der Waals surface area contributed by atoms with Crippen LogP contribution >= 0.6 is 0 Å². The first-order valence-electron chi connectivity index (χ1n) is 7.99. The van der Waals surface area contributed by atoms with Gasteiger partial charge < -0.3 is 0 Å². The van der Waals surface area contributed by atoms with Crippen molar-refractivity contribution in [3.05, 3.63) is 59.2 Å². The monoisotopic (exact) mass is 380 g/mol. The number of rotatable bonds is 5. The van der Waals surface area contributed by atoms with Gasteiger partial charge in [-0.25, -0.2) is 26.7 Å². The van der Waals surface area contributed by atoms with Gasteiger partial charge >= 0.3 is 0 Å². The van der Waals surface area contributed by atoms with E-state index >= 15 is 0 Å². The molecule has 0 fully saturated rings. The number of benzene rings is 2. The van der Waals surface area contributed by atoms with Gasteiger partial charge in [-0.1, -0.05) is 18.2 Å². The fourth-order valence-corrected chi connectivity index (χ4v) is 4.62. The predicted octanol–water partition coefficient (Wildman–Crippen LogP) is 1.69. The average Bonchev–Trinajstić information content (AvgIpc) is 2.59. The standard InChI is InChI=1S/C17H20N2O4S2/c18-24(20,21)16-7-3-4-13(10-16)12-19-25(22,23)17-9-8-14-5-1-2-6-15(14)11-17/h3-4,7-11,19H,1-2,5-6,12H2,(H2,18,20,21). The molecule has 1 aliphatic carbocycles. The molecule has 0 aliphatic heterocycles. The smallest absolute Gasteiger partial charge is 0.225 e. The summed E-state index contributed by atoms with van der Waals surface area (Å²) in [5.41, 5.74) is 2.82. The highest BCUT2D eigenvalue weighted by atomic mass is 32.2. The van der Waals surface area contributed by atoms with Crippen molar-refractivity contribution in [2.45, 2.75) is 42.0 Å². The summed E-state index contributed by atoms with van der Waals surface area (Å²) < 4.78 is 50.3. The lowest BCUT2D eigenvalue weighted by Crippen LogP contribution is -2.24. The van der Waals surface area contributed by atoms with Gasteiger partial charge in [0.05, 0.1) is 9.79 Å². The number of primary sulfonamides is 1. The quantitative estimate of drug-likeness (QED) is 0.823. The van der Waals surface area contributed by atoms with E-state index in [4.69, 9.17) is 5.14 Å². The predicted molar refractivity (Wildman–Crippen MR) is 94.9 cm³/mol. The van der Waals surface area contributed by atoms with Crippen molar-refractivity contribution in [3.8, 4) is 0 Å². The van der Waals surface area contributed by atoms with E-state index in [9.17, 15) is 16.8 Å². The van der Waals surface area contributed by atoms with Crippen molar-refractivity contribution < 1.29 is 16.8 Å². The Labute approximate surface area is 148 Å². The van der Waals surface area contributed by atoms with Gasteiger partial charge in [-0.15, -0.1) is 0 Å². The summed E-state index contributed by atoms with van der Waals surface area (Å²) in [5.74, 6) is 0. The minimum atomic E-state index is -3.82. The molecule has 3 N–H and O–H groups in total. The SMILES string of the molecule is NS(=O)(=O)c1cccc(CNS(=O)(=O)c2ccc3c(c2)CCCC3)c1. The Kier molecular flexibility index (Phi) is 4.97. The van der Waals surface area contributed by atoms with Gasteiger partial charge in [0, 0.05) is 6.54 Å². The first-order chi connectivity index (χ1) is 11.8. The largest absolute Gasteiger partial charge is 0.240 e. The number of nitrogens with two attached hydrogens (primary N) is 1. The molecule has 1 aliphatic rings. The van der Waals surface area contributed by atoms with Crippen molar-refractivity contribution in [2.24, 2.45) is 5.14 Å². The maximum atomic E-state index is 12.5. The van der Waals surface area contributed by atoms with Crippen molar-refractivity contribution in [3.63, 3.8) is 0 Å². The van der Waals surface area contributed by atoms with Crippen LogP contribution in [0, 0.1) is 0 Å². The number of aryl methyl sites for hydroxylation is 2. The fourth-order valence-electron chi connectivity index (χ4n) is 2.97. The van der Waals surface area contributed by atoms with E-state index in [0.717, 1.165) is 31.2 Å². The molecule has 0 atom stereocenters. The molecule has 0 spiro atoms. The molecule has 134 valence electrons. The second kappa shape index (κ2) is 6.87. The fraction of sp³-hybridized carbons (Fsp3) is 0.294. The van der Waals surface area contributed by atoms with Gasteiger partial charge in [0.15, 0.2) is 0 Å². The van der Waals surface area contributed by atoms with Crippen LogP contribution in [0.1, 0.15) is 29.5 Å². The molecule has 25 heavy (non-hydrogen) atoms. The van der Waals surface area contributed by atoms with Gasteiger partial charge in [0.25, 0.3) is 0 Å². The third-order valence-corrected chi connectivity index (χ3v) is 6.63. The number of nitrogens with one attached hydrogen (secondary N) is 1. The minimum Gasteiger partial charge on any atom is -0.225 e. The van der Waals surface area contributed by atoms with Gasteiger partial charge in [0.1, 0.15) is 0 Å². The van der Waals surface area contributed by atoms with Crippen molar-refractivity contribution in [2.75, 3.05) is 0 Å². The molecule has 0 unspecified atom stereocenters. The van der Waals surface area contributed by atoms with Gasteiger partial charge in [-0.05, 0) is 66.6 Å². The Morgan fingerprint density at radius 3 is 2.32 bits per heavy atom. The highest BCUT2D eigenvalue weighted by Gasteiger charge is 2.18. The summed E-state index contributed by atoms with van der Waals surface area (Å²) in [6.07, 6.45) is 4.10. The maximum absolute atomic E-state index is 12.5. The second-order valence-corrected chi connectivity index (χ2v) is 9.48. The van der Waals surface area contributed by atoms with Crippen LogP contribution in [0.4, 0.5) is 0 Å². The second-order valence-electron chi connectivity index (χ2n) is 6.15. The first kappa shape index (κ1) is 18.1. The minimum absolute atomic E-state index is 0.0111. The summed E-state index contributed by atoms with van der Waals surface area (Å²) in [6, 6.07) is 11.1. The van der Waals surface area contributed by atoms with Crippen LogP contribution in [0.5, 0.6) is 0 Å². The zero-order valence-electron chi connectivity index (χ0n) is 13.6. The van der Waals surface area contributed by atoms with E-state index < -0.39 is 20.0 Å². The zero-order valence-corrected chi connectivity index (χ0v) is 15.2. The number of fused-ring (bicyclic) bond motifs is 1. The third kappa shape index (κ3) is 4.27. The van der Waals surface area contributed by atoms with Gasteiger partial charge in [0.2, 0.25) is 20.0 Å². The molecule has 3 rings (SSSR count). The Morgan fingerprint density at radius 2 is 1.60 bits per heavy atom. The number of sulfonamides is 2.